The fraction of sp³-hybridized carbons (Fsp3) is 0.750. The first-order valence-electron chi connectivity index (χ1n) is 11.2. The first-order chi connectivity index (χ1) is 13.2. The first kappa shape index (κ1) is 21.7. The number of allylic oxidation sites excluding steroid dienone is 4. The Balaban J connectivity index is 1.61. The molecule has 0 aromatic heterocycles. The molecule has 0 bridgehead atoms. The molecule has 0 unspecified atom stereocenters. The Morgan fingerprint density at radius 3 is 2.41 bits per heavy atom. The summed E-state index contributed by atoms with van der Waals surface area (Å²) in [7, 11) is 0. The summed E-state index contributed by atoms with van der Waals surface area (Å²) in [5, 5.41) is 8.48. The van der Waals surface area contributed by atoms with Gasteiger partial charge in [0.15, 0.2) is 0 Å². The minimum Gasteiger partial charge on any atom is -0.462 e. The van der Waals surface area contributed by atoms with Crippen molar-refractivity contribution in [3.8, 4) is 6.07 Å². The summed E-state index contributed by atoms with van der Waals surface area (Å²) in [6.07, 6.45) is 22.8. The van der Waals surface area contributed by atoms with Gasteiger partial charge in [0.05, 0.1) is 12.0 Å². The van der Waals surface area contributed by atoms with Gasteiger partial charge in [0, 0.05) is 6.08 Å². The van der Waals surface area contributed by atoms with Crippen molar-refractivity contribution in [3.63, 3.8) is 0 Å². The average molecular weight is 372 g/mol. The van der Waals surface area contributed by atoms with E-state index < -0.39 is 0 Å². The Bertz CT molecular complexity index is 515. The normalized spacial score (nSPS) is 29.0. The van der Waals surface area contributed by atoms with E-state index >= 15 is 0 Å². The SMILES string of the molecule is CCCCCCC1CCC(C(=O)OC2CCC(C=CC=CC#N)CC2)CC1. The van der Waals surface area contributed by atoms with Crippen molar-refractivity contribution in [2.24, 2.45) is 17.8 Å². The fourth-order valence-electron chi connectivity index (χ4n) is 4.53. The number of carbonyl (C=O) groups is 1. The summed E-state index contributed by atoms with van der Waals surface area (Å²) in [6, 6.07) is 1.99. The molecule has 2 fully saturated rings. The first-order valence-corrected chi connectivity index (χ1v) is 11.2. The number of carbonyl (C=O) groups excluding carboxylic acids is 1. The number of nitrogens with zero attached hydrogens (tertiary/aromatic N) is 1. The third-order valence-corrected chi connectivity index (χ3v) is 6.31. The van der Waals surface area contributed by atoms with Gasteiger partial charge in [0.1, 0.15) is 6.10 Å². The zero-order valence-electron chi connectivity index (χ0n) is 17.1. The Morgan fingerprint density at radius 2 is 1.74 bits per heavy atom. The molecule has 2 aliphatic rings. The van der Waals surface area contributed by atoms with Crippen LogP contribution in [0.4, 0.5) is 0 Å². The summed E-state index contributed by atoms with van der Waals surface area (Å²) in [5.41, 5.74) is 0. The van der Waals surface area contributed by atoms with Crippen LogP contribution in [0.1, 0.15) is 90.4 Å². The molecular weight excluding hydrogens is 334 g/mol. The van der Waals surface area contributed by atoms with Crippen LogP contribution in [0.2, 0.25) is 0 Å². The number of ether oxygens (including phenoxy) is 1. The van der Waals surface area contributed by atoms with Crippen molar-refractivity contribution in [1.82, 2.24) is 0 Å². The molecule has 0 radical (unpaired) electrons. The minimum absolute atomic E-state index is 0.0652. The highest BCUT2D eigenvalue weighted by molar-refractivity contribution is 5.72. The lowest BCUT2D eigenvalue weighted by atomic mass is 9.79. The highest BCUT2D eigenvalue weighted by Crippen LogP contribution is 2.34. The molecule has 2 aliphatic carbocycles. The molecule has 0 saturated heterocycles. The van der Waals surface area contributed by atoms with Gasteiger partial charge in [-0.2, -0.15) is 5.26 Å². The van der Waals surface area contributed by atoms with E-state index in [-0.39, 0.29) is 18.0 Å². The van der Waals surface area contributed by atoms with E-state index in [0.717, 1.165) is 44.4 Å². The summed E-state index contributed by atoms with van der Waals surface area (Å²) in [5.74, 6) is 1.59. The number of rotatable bonds is 9. The van der Waals surface area contributed by atoms with Crippen LogP contribution in [-0.4, -0.2) is 12.1 Å². The van der Waals surface area contributed by atoms with Gasteiger partial charge in [-0.1, -0.05) is 57.3 Å². The van der Waals surface area contributed by atoms with Crippen molar-refractivity contribution in [2.75, 3.05) is 0 Å². The van der Waals surface area contributed by atoms with Crippen molar-refractivity contribution in [1.29, 1.82) is 5.26 Å². The van der Waals surface area contributed by atoms with E-state index in [4.69, 9.17) is 10.00 Å². The van der Waals surface area contributed by atoms with Crippen LogP contribution in [0.3, 0.4) is 0 Å². The Kier molecular flexibility index (Phi) is 10.3. The van der Waals surface area contributed by atoms with Gasteiger partial charge in [0.2, 0.25) is 0 Å². The van der Waals surface area contributed by atoms with E-state index in [1.165, 1.54) is 51.0 Å². The molecule has 0 aromatic carbocycles. The van der Waals surface area contributed by atoms with Crippen LogP contribution in [0.25, 0.3) is 0 Å². The summed E-state index contributed by atoms with van der Waals surface area (Å²) in [4.78, 5) is 12.5. The molecule has 0 spiro atoms. The van der Waals surface area contributed by atoms with Gasteiger partial charge in [-0.3, -0.25) is 4.79 Å². The summed E-state index contributed by atoms with van der Waals surface area (Å²) in [6.45, 7) is 2.26. The van der Waals surface area contributed by atoms with Gasteiger partial charge in [0.25, 0.3) is 0 Å². The van der Waals surface area contributed by atoms with Crippen molar-refractivity contribution in [3.05, 3.63) is 24.3 Å². The van der Waals surface area contributed by atoms with Gasteiger partial charge in [-0.15, -0.1) is 0 Å². The van der Waals surface area contributed by atoms with Gasteiger partial charge in [-0.05, 0) is 63.2 Å². The topological polar surface area (TPSA) is 50.1 Å². The molecular formula is C24H37NO2. The lowest BCUT2D eigenvalue weighted by Gasteiger charge is -2.31. The maximum absolute atomic E-state index is 12.5. The molecule has 0 aromatic rings. The third kappa shape index (κ3) is 8.33. The van der Waals surface area contributed by atoms with Crippen LogP contribution < -0.4 is 0 Å². The Hall–Kier alpha value is -1.56. The van der Waals surface area contributed by atoms with Crippen LogP contribution in [0.15, 0.2) is 24.3 Å². The quantitative estimate of drug-likeness (QED) is 0.201. The number of nitriles is 1. The summed E-state index contributed by atoms with van der Waals surface area (Å²) < 4.78 is 5.85. The predicted octanol–water partition coefficient (Wildman–Crippen LogP) is 6.50. The molecule has 0 aliphatic heterocycles. The molecule has 0 amide bonds. The van der Waals surface area contributed by atoms with Crippen molar-refractivity contribution in [2.45, 2.75) is 96.5 Å². The highest BCUT2D eigenvalue weighted by atomic mass is 16.5. The van der Waals surface area contributed by atoms with E-state index in [1.807, 2.05) is 12.1 Å². The molecule has 3 heteroatoms. The number of hydrogen-bond donors (Lipinski definition) is 0. The molecule has 0 heterocycles. The second-order valence-corrected chi connectivity index (χ2v) is 8.41. The minimum atomic E-state index is 0.0652. The molecule has 2 rings (SSSR count). The Morgan fingerprint density at radius 1 is 1.00 bits per heavy atom. The average Bonchev–Trinajstić information content (AvgIpc) is 2.70. The monoisotopic (exact) mass is 371 g/mol. The van der Waals surface area contributed by atoms with E-state index in [0.29, 0.717) is 5.92 Å². The van der Waals surface area contributed by atoms with Crippen molar-refractivity contribution < 1.29 is 9.53 Å². The fourth-order valence-corrected chi connectivity index (χ4v) is 4.53. The number of unbranched alkanes of at least 4 members (excludes halogenated alkanes) is 3. The van der Waals surface area contributed by atoms with Crippen LogP contribution >= 0.6 is 0 Å². The van der Waals surface area contributed by atoms with Gasteiger partial charge in [-0.25, -0.2) is 0 Å². The zero-order valence-corrected chi connectivity index (χ0v) is 17.1. The smallest absolute Gasteiger partial charge is 0.309 e. The zero-order chi connectivity index (χ0) is 19.3. The second-order valence-electron chi connectivity index (χ2n) is 8.41. The molecule has 150 valence electrons. The summed E-state index contributed by atoms with van der Waals surface area (Å²) >= 11 is 0. The lowest BCUT2D eigenvalue weighted by Crippen LogP contribution is -2.29. The lowest BCUT2D eigenvalue weighted by molar-refractivity contribution is -0.157. The van der Waals surface area contributed by atoms with E-state index in [1.54, 1.807) is 6.08 Å². The number of esters is 1. The molecule has 0 N–H and O–H groups in total. The van der Waals surface area contributed by atoms with Gasteiger partial charge >= 0.3 is 5.97 Å². The second kappa shape index (κ2) is 12.8. The standard InChI is InChI=1S/C24H37NO2/c1-2-3-4-6-9-20-11-15-22(16-12-20)24(26)27-23-17-13-21(14-18-23)10-7-5-8-19-25/h5,7-8,10,20-23H,2-4,6,9,11-18H2,1H3. The van der Waals surface area contributed by atoms with Crippen LogP contribution in [0, 0.1) is 29.1 Å². The van der Waals surface area contributed by atoms with Gasteiger partial charge < -0.3 is 4.74 Å². The van der Waals surface area contributed by atoms with Crippen molar-refractivity contribution >= 4 is 5.97 Å². The molecule has 0 atom stereocenters. The molecule has 2 saturated carbocycles. The molecule has 27 heavy (non-hydrogen) atoms. The van der Waals surface area contributed by atoms with Crippen LogP contribution in [-0.2, 0) is 9.53 Å². The maximum Gasteiger partial charge on any atom is 0.309 e. The largest absolute Gasteiger partial charge is 0.462 e. The Labute approximate surface area is 165 Å². The van der Waals surface area contributed by atoms with Crippen LogP contribution in [0.5, 0.6) is 0 Å². The third-order valence-electron chi connectivity index (χ3n) is 6.31. The number of hydrogen-bond acceptors (Lipinski definition) is 3. The molecule has 3 nitrogen and oxygen atoms in total. The maximum atomic E-state index is 12.5. The van der Waals surface area contributed by atoms with E-state index in [2.05, 4.69) is 13.0 Å². The van der Waals surface area contributed by atoms with E-state index in [9.17, 15) is 4.79 Å². The highest BCUT2D eigenvalue weighted by Gasteiger charge is 2.30. The predicted molar refractivity (Wildman–Crippen MR) is 110 cm³/mol.